The minimum Gasteiger partial charge on any atom is -0.356 e. The molecule has 0 N–H and O–H groups in total. The lowest BCUT2D eigenvalue weighted by Gasteiger charge is -2.25. The number of aromatic nitrogens is 2. The smallest absolute Gasteiger partial charge is 0.227 e. The fourth-order valence-electron chi connectivity index (χ4n) is 3.29. The second-order valence-electron chi connectivity index (χ2n) is 6.35. The van der Waals surface area contributed by atoms with Crippen LogP contribution in [0, 0.1) is 0 Å². The van der Waals surface area contributed by atoms with Crippen LogP contribution in [0.5, 0.6) is 0 Å². The van der Waals surface area contributed by atoms with Crippen LogP contribution in [-0.2, 0) is 0 Å². The number of rotatable bonds is 5. The van der Waals surface area contributed by atoms with E-state index in [9.17, 15) is 0 Å². The van der Waals surface area contributed by atoms with Crippen molar-refractivity contribution in [2.75, 3.05) is 36.0 Å². The summed E-state index contributed by atoms with van der Waals surface area (Å²) in [5, 5.41) is 0. The van der Waals surface area contributed by atoms with Crippen LogP contribution in [-0.4, -0.2) is 36.1 Å². The molecule has 0 unspecified atom stereocenters. The summed E-state index contributed by atoms with van der Waals surface area (Å²) in [5.74, 6) is 1.92. The van der Waals surface area contributed by atoms with Gasteiger partial charge in [0, 0.05) is 37.8 Å². The van der Waals surface area contributed by atoms with Crippen molar-refractivity contribution in [3.63, 3.8) is 0 Å². The minimum atomic E-state index is 0.848. The van der Waals surface area contributed by atoms with Gasteiger partial charge in [-0.25, -0.2) is 4.98 Å². The van der Waals surface area contributed by atoms with E-state index < -0.39 is 0 Å². The van der Waals surface area contributed by atoms with E-state index in [1.54, 1.807) is 0 Å². The number of hydrogen-bond donors (Lipinski definition) is 0. The summed E-state index contributed by atoms with van der Waals surface area (Å²) in [6.45, 7) is 8.37. The van der Waals surface area contributed by atoms with Crippen molar-refractivity contribution in [2.45, 2.75) is 39.5 Å². The predicted molar refractivity (Wildman–Crippen MR) is 102 cm³/mol. The predicted octanol–water partition coefficient (Wildman–Crippen LogP) is 4.37. The summed E-state index contributed by atoms with van der Waals surface area (Å²) in [6.07, 6.45) is 5.17. The van der Waals surface area contributed by atoms with Gasteiger partial charge in [-0.1, -0.05) is 43.2 Å². The Labute approximate surface area is 145 Å². The van der Waals surface area contributed by atoms with Crippen LogP contribution >= 0.6 is 0 Å². The van der Waals surface area contributed by atoms with Crippen molar-refractivity contribution in [1.29, 1.82) is 0 Å². The highest BCUT2D eigenvalue weighted by Gasteiger charge is 2.16. The molecule has 1 saturated heterocycles. The van der Waals surface area contributed by atoms with Crippen molar-refractivity contribution >= 4 is 11.8 Å². The third kappa shape index (κ3) is 3.86. The standard InChI is InChI=1S/C20H28N4/c1-3-23(4-2)20-21-18(17-12-8-7-9-13-17)16-19(22-20)24-14-10-5-6-11-15-24/h7-9,12-13,16H,3-6,10-11,14-15H2,1-2H3. The van der Waals surface area contributed by atoms with Gasteiger partial charge in [0.1, 0.15) is 5.82 Å². The topological polar surface area (TPSA) is 32.3 Å². The Balaban J connectivity index is 2.02. The van der Waals surface area contributed by atoms with E-state index >= 15 is 0 Å². The second-order valence-corrected chi connectivity index (χ2v) is 6.35. The first-order valence-electron chi connectivity index (χ1n) is 9.26. The van der Waals surface area contributed by atoms with Gasteiger partial charge < -0.3 is 9.80 Å². The molecule has 4 nitrogen and oxygen atoms in total. The van der Waals surface area contributed by atoms with Crippen LogP contribution in [0.1, 0.15) is 39.5 Å². The molecule has 1 aromatic carbocycles. The summed E-state index contributed by atoms with van der Waals surface area (Å²) in [5.41, 5.74) is 2.18. The molecule has 2 aromatic rings. The molecule has 0 atom stereocenters. The highest BCUT2D eigenvalue weighted by Crippen LogP contribution is 2.26. The Morgan fingerprint density at radius 1 is 0.917 bits per heavy atom. The Morgan fingerprint density at radius 2 is 1.58 bits per heavy atom. The fraction of sp³-hybridized carbons (Fsp3) is 0.500. The van der Waals surface area contributed by atoms with Gasteiger partial charge in [0.25, 0.3) is 0 Å². The third-order valence-electron chi connectivity index (χ3n) is 4.75. The lowest BCUT2D eigenvalue weighted by atomic mass is 10.1. The molecule has 128 valence electrons. The Hall–Kier alpha value is -2.10. The SMILES string of the molecule is CCN(CC)c1nc(-c2ccccc2)cc(N2CCCCCC2)n1. The maximum absolute atomic E-state index is 4.91. The van der Waals surface area contributed by atoms with Crippen LogP contribution in [0.2, 0.25) is 0 Å². The molecule has 1 fully saturated rings. The summed E-state index contributed by atoms with van der Waals surface area (Å²) in [4.78, 5) is 14.4. The molecule has 0 spiro atoms. The molecular formula is C20H28N4. The first-order valence-corrected chi connectivity index (χ1v) is 9.26. The molecule has 1 aromatic heterocycles. The zero-order valence-electron chi connectivity index (χ0n) is 14.9. The van der Waals surface area contributed by atoms with Gasteiger partial charge in [-0.15, -0.1) is 0 Å². The van der Waals surface area contributed by atoms with E-state index in [0.29, 0.717) is 0 Å². The fourth-order valence-corrected chi connectivity index (χ4v) is 3.29. The van der Waals surface area contributed by atoms with E-state index in [2.05, 4.69) is 54.0 Å². The van der Waals surface area contributed by atoms with Gasteiger partial charge in [-0.2, -0.15) is 4.98 Å². The number of nitrogens with zero attached hydrogens (tertiary/aromatic N) is 4. The van der Waals surface area contributed by atoms with Gasteiger partial charge in [-0.05, 0) is 26.7 Å². The Bertz CT molecular complexity index is 629. The van der Waals surface area contributed by atoms with Crippen LogP contribution in [0.15, 0.2) is 36.4 Å². The molecule has 0 aliphatic carbocycles. The largest absolute Gasteiger partial charge is 0.356 e. The van der Waals surface area contributed by atoms with E-state index in [4.69, 9.17) is 9.97 Å². The minimum absolute atomic E-state index is 0.848. The molecule has 0 amide bonds. The first-order chi connectivity index (χ1) is 11.8. The molecule has 0 bridgehead atoms. The summed E-state index contributed by atoms with van der Waals surface area (Å²) >= 11 is 0. The van der Waals surface area contributed by atoms with Crippen LogP contribution in [0.4, 0.5) is 11.8 Å². The highest BCUT2D eigenvalue weighted by atomic mass is 15.3. The molecule has 24 heavy (non-hydrogen) atoms. The van der Waals surface area contributed by atoms with Gasteiger partial charge in [0.15, 0.2) is 0 Å². The van der Waals surface area contributed by atoms with Crippen LogP contribution in [0.25, 0.3) is 11.3 Å². The second kappa shape index (κ2) is 8.13. The van der Waals surface area contributed by atoms with Crippen LogP contribution in [0.3, 0.4) is 0 Å². The average Bonchev–Trinajstić information content (AvgIpc) is 2.93. The monoisotopic (exact) mass is 324 g/mol. The van der Waals surface area contributed by atoms with Crippen molar-refractivity contribution in [3.8, 4) is 11.3 Å². The Morgan fingerprint density at radius 3 is 2.21 bits per heavy atom. The lowest BCUT2D eigenvalue weighted by Crippen LogP contribution is -2.28. The van der Waals surface area contributed by atoms with Crippen molar-refractivity contribution in [1.82, 2.24) is 9.97 Å². The molecule has 1 aliphatic heterocycles. The normalized spacial score (nSPS) is 15.2. The molecule has 2 heterocycles. The lowest BCUT2D eigenvalue weighted by molar-refractivity contribution is 0.726. The molecule has 0 saturated carbocycles. The summed E-state index contributed by atoms with van der Waals surface area (Å²) in [7, 11) is 0. The number of anilines is 2. The van der Waals surface area contributed by atoms with Crippen molar-refractivity contribution < 1.29 is 0 Å². The van der Waals surface area contributed by atoms with Crippen molar-refractivity contribution in [2.24, 2.45) is 0 Å². The van der Waals surface area contributed by atoms with Gasteiger partial charge in [-0.3, -0.25) is 0 Å². The molecular weight excluding hydrogens is 296 g/mol. The van der Waals surface area contributed by atoms with Gasteiger partial charge >= 0.3 is 0 Å². The van der Waals surface area contributed by atoms with Crippen molar-refractivity contribution in [3.05, 3.63) is 36.4 Å². The van der Waals surface area contributed by atoms with E-state index in [1.165, 1.54) is 25.7 Å². The maximum Gasteiger partial charge on any atom is 0.227 e. The molecule has 4 heteroatoms. The first kappa shape index (κ1) is 16.7. The highest BCUT2D eigenvalue weighted by molar-refractivity contribution is 5.65. The molecule has 0 radical (unpaired) electrons. The van der Waals surface area contributed by atoms with E-state index in [1.807, 2.05) is 6.07 Å². The van der Waals surface area contributed by atoms with E-state index in [-0.39, 0.29) is 0 Å². The van der Waals surface area contributed by atoms with Crippen LogP contribution < -0.4 is 9.80 Å². The zero-order valence-corrected chi connectivity index (χ0v) is 14.9. The number of benzene rings is 1. The average molecular weight is 324 g/mol. The zero-order chi connectivity index (χ0) is 16.8. The van der Waals surface area contributed by atoms with Gasteiger partial charge in [0.05, 0.1) is 5.69 Å². The Kier molecular flexibility index (Phi) is 5.68. The maximum atomic E-state index is 4.91. The summed E-state index contributed by atoms with van der Waals surface area (Å²) < 4.78 is 0. The summed E-state index contributed by atoms with van der Waals surface area (Å²) in [6, 6.07) is 12.6. The quantitative estimate of drug-likeness (QED) is 0.817. The third-order valence-corrected chi connectivity index (χ3v) is 4.75. The van der Waals surface area contributed by atoms with Gasteiger partial charge in [0.2, 0.25) is 5.95 Å². The molecule has 3 rings (SSSR count). The molecule has 1 aliphatic rings. The number of hydrogen-bond acceptors (Lipinski definition) is 4. The van der Waals surface area contributed by atoms with E-state index in [0.717, 1.165) is 49.2 Å².